The molecule has 0 aliphatic rings. The molecule has 0 aromatic carbocycles. The number of H-pyrrole nitrogens is 1. The number of carbonyl (C=O) groups is 1. The Morgan fingerprint density at radius 3 is 2.80 bits per heavy atom. The van der Waals surface area contributed by atoms with Crippen LogP contribution in [0.5, 0.6) is 0 Å². The Morgan fingerprint density at radius 2 is 2.20 bits per heavy atom. The van der Waals surface area contributed by atoms with Crippen LogP contribution < -0.4 is 5.73 Å². The van der Waals surface area contributed by atoms with Crippen LogP contribution in [0, 0.1) is 0 Å². The second-order valence-electron chi connectivity index (χ2n) is 3.67. The molecule has 0 saturated heterocycles. The highest BCUT2D eigenvalue weighted by Crippen LogP contribution is 2.04. The number of nitrogens with zero attached hydrogens (tertiary/aromatic N) is 4. The highest BCUT2D eigenvalue weighted by molar-refractivity contribution is 6.16. The van der Waals surface area contributed by atoms with Gasteiger partial charge in [-0.05, 0) is 12.1 Å². The summed E-state index contributed by atoms with van der Waals surface area (Å²) in [7, 11) is 0. The summed E-state index contributed by atoms with van der Waals surface area (Å²) in [5, 5.41) is 0. The van der Waals surface area contributed by atoms with Gasteiger partial charge in [-0.2, -0.15) is 0 Å². The minimum atomic E-state index is -0.442. The van der Waals surface area contributed by atoms with Crippen LogP contribution in [0.15, 0.2) is 37.1 Å². The molecule has 3 aromatic rings. The Kier molecular flexibility index (Phi) is 4.56. The van der Waals surface area contributed by atoms with Crippen molar-refractivity contribution in [2.75, 3.05) is 0 Å². The van der Waals surface area contributed by atoms with Crippen LogP contribution in [0.2, 0.25) is 0 Å². The molecule has 0 bridgehead atoms. The van der Waals surface area contributed by atoms with E-state index >= 15 is 0 Å². The summed E-state index contributed by atoms with van der Waals surface area (Å²) < 4.78 is 0. The van der Waals surface area contributed by atoms with E-state index in [0.717, 1.165) is 5.52 Å². The van der Waals surface area contributed by atoms with Gasteiger partial charge in [0.05, 0.1) is 24.0 Å². The third kappa shape index (κ3) is 3.48. The molecule has 0 radical (unpaired) electrons. The van der Waals surface area contributed by atoms with E-state index in [9.17, 15) is 4.79 Å². The molecule has 0 unspecified atom stereocenters. The predicted octanol–water partition coefficient (Wildman–Crippen LogP) is 1.27. The lowest BCUT2D eigenvalue weighted by atomic mass is 10.3. The number of hydrogen-bond donors (Lipinski definition) is 2. The van der Waals surface area contributed by atoms with E-state index in [1.807, 2.05) is 0 Å². The van der Waals surface area contributed by atoms with E-state index in [4.69, 9.17) is 17.3 Å². The minimum Gasteiger partial charge on any atom is -0.366 e. The summed E-state index contributed by atoms with van der Waals surface area (Å²) in [4.78, 5) is 29.0. The van der Waals surface area contributed by atoms with Gasteiger partial charge in [-0.15, -0.1) is 11.6 Å². The summed E-state index contributed by atoms with van der Waals surface area (Å²) in [5.41, 5.74) is 6.87. The van der Waals surface area contributed by atoms with Gasteiger partial charge in [-0.25, -0.2) is 15.0 Å². The lowest BCUT2D eigenvalue weighted by Gasteiger charge is -1.90. The molecule has 7 nitrogen and oxygen atoms in total. The van der Waals surface area contributed by atoms with Crippen LogP contribution in [0.1, 0.15) is 16.2 Å². The summed E-state index contributed by atoms with van der Waals surface area (Å²) in [5.74, 6) is 0.484. The average Bonchev–Trinajstić information content (AvgIpc) is 2.96. The van der Waals surface area contributed by atoms with Crippen molar-refractivity contribution in [3.63, 3.8) is 0 Å². The zero-order valence-corrected chi connectivity index (χ0v) is 11.1. The number of alkyl halides is 1. The van der Waals surface area contributed by atoms with Crippen molar-refractivity contribution in [3.8, 4) is 0 Å². The Balaban J connectivity index is 0.000000151. The number of aromatic amines is 1. The maximum atomic E-state index is 10.4. The highest BCUT2D eigenvalue weighted by Gasteiger charge is 1.98. The molecule has 0 aliphatic carbocycles. The standard InChI is InChI=1S/C6H5ClN4.C6H6N2O/c7-1-5-8-2-4-6(11-5)10-3-9-4;7-6(9)5-2-1-3-8-4-5/h2-3H,1H2,(H,8,9,10,11);1-4H,(H2,7,9). The first-order valence-electron chi connectivity index (χ1n) is 5.61. The van der Waals surface area contributed by atoms with Gasteiger partial charge in [0.1, 0.15) is 11.3 Å². The molecule has 3 heterocycles. The Labute approximate surface area is 119 Å². The van der Waals surface area contributed by atoms with Gasteiger partial charge in [0, 0.05) is 12.4 Å². The zero-order valence-electron chi connectivity index (χ0n) is 10.3. The first-order chi connectivity index (χ1) is 9.70. The number of fused-ring (bicyclic) bond motifs is 1. The minimum absolute atomic E-state index is 0.322. The van der Waals surface area contributed by atoms with Crippen LogP contribution in [-0.2, 0) is 5.88 Å². The number of carbonyl (C=O) groups excluding carboxylic acids is 1. The second kappa shape index (κ2) is 6.58. The molecule has 1 amide bonds. The number of rotatable bonds is 2. The van der Waals surface area contributed by atoms with Crippen molar-refractivity contribution in [2.24, 2.45) is 5.73 Å². The number of imidazole rings is 1. The monoisotopic (exact) mass is 290 g/mol. The van der Waals surface area contributed by atoms with E-state index in [1.54, 1.807) is 30.9 Å². The largest absolute Gasteiger partial charge is 0.366 e. The summed E-state index contributed by atoms with van der Waals surface area (Å²) in [6.45, 7) is 0. The van der Waals surface area contributed by atoms with Gasteiger partial charge in [0.2, 0.25) is 5.91 Å². The van der Waals surface area contributed by atoms with Crippen LogP contribution in [-0.4, -0.2) is 30.8 Å². The predicted molar refractivity (Wildman–Crippen MR) is 74.0 cm³/mol. The summed E-state index contributed by atoms with van der Waals surface area (Å²) >= 11 is 5.53. The third-order valence-electron chi connectivity index (χ3n) is 2.29. The van der Waals surface area contributed by atoms with Gasteiger partial charge in [0.15, 0.2) is 5.65 Å². The van der Waals surface area contributed by atoms with Crippen LogP contribution in [0.4, 0.5) is 0 Å². The number of halogens is 1. The average molecular weight is 291 g/mol. The zero-order chi connectivity index (χ0) is 14.4. The first kappa shape index (κ1) is 13.9. The molecule has 3 rings (SSSR count). The SMILES string of the molecule is ClCc1ncc2[nH]cnc2n1.NC(=O)c1cccnc1. The fourth-order valence-electron chi connectivity index (χ4n) is 1.34. The Hall–Kier alpha value is -2.54. The van der Waals surface area contributed by atoms with Gasteiger partial charge >= 0.3 is 0 Å². The van der Waals surface area contributed by atoms with Crippen molar-refractivity contribution in [2.45, 2.75) is 5.88 Å². The normalized spacial score (nSPS) is 9.85. The quantitative estimate of drug-likeness (QED) is 0.691. The topological polar surface area (TPSA) is 110 Å². The van der Waals surface area contributed by atoms with E-state index in [0.29, 0.717) is 22.9 Å². The Bertz CT molecular complexity index is 699. The molecule has 102 valence electrons. The number of amides is 1. The number of nitrogens with two attached hydrogens (primary N) is 1. The molecule has 3 aromatic heterocycles. The van der Waals surface area contributed by atoms with Crippen molar-refractivity contribution >= 4 is 28.7 Å². The molecule has 3 N–H and O–H groups in total. The van der Waals surface area contributed by atoms with E-state index in [2.05, 4.69) is 24.9 Å². The lowest BCUT2D eigenvalue weighted by Crippen LogP contribution is -2.10. The van der Waals surface area contributed by atoms with Crippen molar-refractivity contribution in [3.05, 3.63) is 48.4 Å². The second-order valence-corrected chi connectivity index (χ2v) is 3.93. The molecule has 0 fully saturated rings. The molecule has 0 aliphatic heterocycles. The van der Waals surface area contributed by atoms with E-state index < -0.39 is 5.91 Å². The Morgan fingerprint density at radius 1 is 1.35 bits per heavy atom. The maximum absolute atomic E-state index is 10.4. The lowest BCUT2D eigenvalue weighted by molar-refractivity contribution is 0.1000. The maximum Gasteiger partial charge on any atom is 0.250 e. The smallest absolute Gasteiger partial charge is 0.250 e. The van der Waals surface area contributed by atoms with Crippen LogP contribution >= 0.6 is 11.6 Å². The van der Waals surface area contributed by atoms with Crippen LogP contribution in [0.25, 0.3) is 11.2 Å². The fraction of sp³-hybridized carbons (Fsp3) is 0.0833. The summed E-state index contributed by atoms with van der Waals surface area (Å²) in [6, 6.07) is 3.29. The molecule has 8 heteroatoms. The van der Waals surface area contributed by atoms with Crippen molar-refractivity contribution in [1.29, 1.82) is 0 Å². The molecular formula is C12H11ClN6O. The molecule has 0 atom stereocenters. The summed E-state index contributed by atoms with van der Waals surface area (Å²) in [6.07, 6.45) is 6.28. The highest BCUT2D eigenvalue weighted by atomic mass is 35.5. The fourth-order valence-corrected chi connectivity index (χ4v) is 1.47. The number of nitrogens with one attached hydrogen (secondary N) is 1. The van der Waals surface area contributed by atoms with Gasteiger partial charge in [-0.3, -0.25) is 9.78 Å². The molecular weight excluding hydrogens is 280 g/mol. The number of primary amides is 1. The van der Waals surface area contributed by atoms with Gasteiger partial charge < -0.3 is 10.7 Å². The van der Waals surface area contributed by atoms with Crippen LogP contribution in [0.3, 0.4) is 0 Å². The molecule has 0 spiro atoms. The number of hydrogen-bond acceptors (Lipinski definition) is 5. The third-order valence-corrected chi connectivity index (χ3v) is 2.53. The van der Waals surface area contributed by atoms with Gasteiger partial charge in [0.25, 0.3) is 0 Å². The molecule has 20 heavy (non-hydrogen) atoms. The van der Waals surface area contributed by atoms with Crippen molar-refractivity contribution < 1.29 is 4.79 Å². The van der Waals surface area contributed by atoms with E-state index in [1.165, 1.54) is 6.20 Å². The number of aromatic nitrogens is 5. The van der Waals surface area contributed by atoms with Gasteiger partial charge in [-0.1, -0.05) is 0 Å². The first-order valence-corrected chi connectivity index (χ1v) is 6.15. The number of pyridine rings is 1. The van der Waals surface area contributed by atoms with Crippen molar-refractivity contribution in [1.82, 2.24) is 24.9 Å². The molecule has 0 saturated carbocycles. The van der Waals surface area contributed by atoms with E-state index in [-0.39, 0.29) is 0 Å².